The zero-order chi connectivity index (χ0) is 20.7. The maximum absolute atomic E-state index is 2.40. The molecule has 0 aliphatic rings. The van der Waals surface area contributed by atoms with Crippen LogP contribution in [-0.2, 0) is 24.2 Å². The molecule has 0 aliphatic heterocycles. The summed E-state index contributed by atoms with van der Waals surface area (Å²) in [4.78, 5) is 0. The van der Waals surface area contributed by atoms with E-state index < -0.39 is 28.7 Å². The fraction of sp³-hybridized carbons (Fsp3) is 0.240. The monoisotopic (exact) mass is 568 g/mol. The molecule has 0 aromatic heterocycles. The summed E-state index contributed by atoms with van der Waals surface area (Å²) < 4.78 is 4.77. The van der Waals surface area contributed by atoms with Gasteiger partial charge in [-0.05, 0) is 0 Å². The summed E-state index contributed by atoms with van der Waals surface area (Å²) in [5, 5.41) is 5.78. The predicted molar refractivity (Wildman–Crippen MR) is 130 cm³/mol. The van der Waals surface area contributed by atoms with Crippen LogP contribution in [0.25, 0.3) is 21.5 Å². The topological polar surface area (TPSA) is 0 Å². The average molecular weight is 567 g/mol. The van der Waals surface area contributed by atoms with Gasteiger partial charge in [0.25, 0.3) is 0 Å². The van der Waals surface area contributed by atoms with Crippen LogP contribution in [0, 0.1) is 0 Å². The Morgan fingerprint density at radius 2 is 1.00 bits per heavy atom. The maximum atomic E-state index is 2.40. The molecule has 28 heavy (non-hydrogen) atoms. The molecule has 0 aliphatic carbocycles. The molecule has 0 fully saturated rings. The molecule has 142 valence electrons. The van der Waals surface area contributed by atoms with Crippen molar-refractivity contribution in [3.8, 4) is 0 Å². The van der Waals surface area contributed by atoms with E-state index in [1.54, 1.807) is 33.0 Å². The summed E-state index contributed by atoms with van der Waals surface area (Å²) in [5.41, 5.74) is 0. The van der Waals surface area contributed by atoms with Crippen LogP contribution in [-0.4, -0.2) is 31.9 Å². The third kappa shape index (κ3) is 6.78. The van der Waals surface area contributed by atoms with Crippen LogP contribution in [0.1, 0.15) is 13.8 Å². The molecule has 0 N–H and O–H groups in total. The first-order valence-corrected chi connectivity index (χ1v) is 21.4. The van der Waals surface area contributed by atoms with Gasteiger partial charge in [-0.1, -0.05) is 0 Å². The molecule has 0 saturated carbocycles. The van der Waals surface area contributed by atoms with E-state index in [9.17, 15) is 0 Å². The van der Waals surface area contributed by atoms with Gasteiger partial charge in [0, 0.05) is 0 Å². The first kappa shape index (κ1) is 23.8. The fourth-order valence-electron chi connectivity index (χ4n) is 3.17. The van der Waals surface area contributed by atoms with E-state index in [1.165, 1.54) is 24.8 Å². The van der Waals surface area contributed by atoms with Crippen LogP contribution in [0.5, 0.6) is 0 Å². The normalized spacial score (nSPS) is 10.6. The van der Waals surface area contributed by atoms with E-state index >= 15 is 0 Å². The Labute approximate surface area is 194 Å². The van der Waals surface area contributed by atoms with Gasteiger partial charge in [0.15, 0.2) is 0 Å². The zero-order valence-corrected chi connectivity index (χ0v) is 24.6. The van der Waals surface area contributed by atoms with Gasteiger partial charge < -0.3 is 0 Å². The molecule has 0 unspecified atom stereocenters. The van der Waals surface area contributed by atoms with Crippen LogP contribution < -0.4 is 8.79 Å². The molecule has 0 heterocycles. The Bertz CT molecular complexity index is 939. The Hall–Kier alpha value is -0.501. The molecule has 3 heteroatoms. The van der Waals surface area contributed by atoms with E-state index in [2.05, 4.69) is 110 Å². The molecule has 0 atom stereocenters. The summed E-state index contributed by atoms with van der Waals surface area (Å²) >= 11 is -0.211. The van der Waals surface area contributed by atoms with Crippen molar-refractivity contribution in [3.05, 3.63) is 72.8 Å². The van der Waals surface area contributed by atoms with Gasteiger partial charge in [-0.15, -0.1) is 0 Å². The van der Waals surface area contributed by atoms with Crippen molar-refractivity contribution >= 4 is 62.2 Å². The Morgan fingerprint density at radius 3 is 1.32 bits per heavy atom. The molecule has 0 bridgehead atoms. The van der Waals surface area contributed by atoms with Gasteiger partial charge in [-0.25, -0.2) is 0 Å². The van der Waals surface area contributed by atoms with E-state index in [0.717, 1.165) is 0 Å². The fourth-order valence-corrected chi connectivity index (χ4v) is 8.14. The van der Waals surface area contributed by atoms with Gasteiger partial charge in [0.05, 0.1) is 0 Å². The minimum absolute atomic E-state index is 0.882. The van der Waals surface area contributed by atoms with Gasteiger partial charge in [-0.3, -0.25) is 0 Å². The Balaban J connectivity index is 0.000000169. The molecular weight excluding hydrogens is 537 g/mol. The molecule has 0 nitrogen and oxygen atoms in total. The average Bonchev–Trinajstić information content (AvgIpc) is 3.26. The number of benzene rings is 2. The predicted octanol–water partition coefficient (Wildman–Crippen LogP) is 5.79. The summed E-state index contributed by atoms with van der Waals surface area (Å²) in [6.45, 7) is 4.25. The van der Waals surface area contributed by atoms with Gasteiger partial charge in [0.1, 0.15) is 0 Å². The van der Waals surface area contributed by atoms with Crippen molar-refractivity contribution in [3.63, 3.8) is 0 Å². The second-order valence-corrected chi connectivity index (χ2v) is 20.8. The van der Waals surface area contributed by atoms with Crippen LogP contribution in [0.3, 0.4) is 0 Å². The molecule has 4 aromatic carbocycles. The standard InChI is InChI=1S/2C11H12Ge.C3H6.Zr/c2*1-12(2)11-8-7-9-5-3-4-6-10(9)11;1-3-2;/h2*3-8H,1-2H3;1-2H3;/q2*-1;;+2. The third-order valence-corrected chi connectivity index (χ3v) is 10.8. The molecule has 4 rings (SSSR count). The zero-order valence-electron chi connectivity index (χ0n) is 17.9. The molecule has 0 amide bonds. The van der Waals surface area contributed by atoms with Crippen molar-refractivity contribution in [2.75, 3.05) is 0 Å². The van der Waals surface area contributed by atoms with Gasteiger partial charge >= 0.3 is 196 Å². The quantitative estimate of drug-likeness (QED) is 0.213. The minimum atomic E-state index is -0.882. The Kier molecular flexibility index (Phi) is 9.87. The van der Waals surface area contributed by atoms with Crippen LogP contribution in [0.4, 0.5) is 0 Å². The summed E-state index contributed by atoms with van der Waals surface area (Å²) in [5.74, 6) is 9.62. The van der Waals surface area contributed by atoms with Gasteiger partial charge in [-0.2, -0.15) is 0 Å². The van der Waals surface area contributed by atoms with E-state index in [0.29, 0.717) is 0 Å². The van der Waals surface area contributed by atoms with E-state index in [1.807, 2.05) is 0 Å². The molecular formula is C25H30Ge2Zr. The first-order chi connectivity index (χ1) is 13.3. The number of hydrogen-bond donors (Lipinski definition) is 0. The number of fused-ring (bicyclic) bond motifs is 2. The van der Waals surface area contributed by atoms with Crippen LogP contribution >= 0.6 is 0 Å². The third-order valence-electron chi connectivity index (χ3n) is 4.44. The van der Waals surface area contributed by atoms with E-state index in [4.69, 9.17) is 0 Å². The molecule has 4 aromatic rings. The number of rotatable bonds is 2. The second-order valence-electron chi connectivity index (χ2n) is 7.67. The number of hydrogen-bond acceptors (Lipinski definition) is 0. The molecule has 2 radical (unpaired) electrons. The van der Waals surface area contributed by atoms with E-state index in [-0.39, 0.29) is 0 Å². The second kappa shape index (κ2) is 11.6. The summed E-state index contributed by atoms with van der Waals surface area (Å²) in [6, 6.07) is 26.4. The van der Waals surface area contributed by atoms with Crippen molar-refractivity contribution in [1.29, 1.82) is 0 Å². The summed E-state index contributed by atoms with van der Waals surface area (Å²) in [7, 11) is 0. The Morgan fingerprint density at radius 1 is 0.679 bits per heavy atom. The molecule has 0 spiro atoms. The summed E-state index contributed by atoms with van der Waals surface area (Å²) in [6.07, 6.45) is 0. The first-order valence-electron chi connectivity index (χ1n) is 9.73. The van der Waals surface area contributed by atoms with Crippen molar-refractivity contribution in [2.24, 2.45) is 0 Å². The van der Waals surface area contributed by atoms with Crippen molar-refractivity contribution < 1.29 is 24.2 Å². The van der Waals surface area contributed by atoms with Crippen LogP contribution in [0.15, 0.2) is 72.8 Å². The van der Waals surface area contributed by atoms with Gasteiger partial charge in [0.2, 0.25) is 0 Å². The van der Waals surface area contributed by atoms with Crippen molar-refractivity contribution in [2.45, 2.75) is 36.9 Å². The van der Waals surface area contributed by atoms with Crippen LogP contribution in [0.2, 0.25) is 23.0 Å². The molecule has 0 saturated heterocycles. The SMILES string of the molecule is C[C](C)=[Zr+2].[CH3][Ge]([CH3])[c]1c[cH-]c2ccccc12.[CH3][Ge]([CH3])[c]1c[cH-]c2ccccc12. The van der Waals surface area contributed by atoms with Crippen molar-refractivity contribution in [1.82, 2.24) is 0 Å².